The Morgan fingerprint density at radius 1 is 1.67 bits per heavy atom. The highest BCUT2D eigenvalue weighted by Crippen LogP contribution is 2.39. The van der Waals surface area contributed by atoms with Crippen LogP contribution in [0.1, 0.15) is 26.7 Å². The first-order valence-corrected chi connectivity index (χ1v) is 4.66. The molecule has 0 aromatic carbocycles. The third kappa shape index (κ3) is 1.79. The number of aliphatic hydroxyl groups is 1. The maximum absolute atomic E-state index is 9.92. The SMILES string of the molecule is CCOC1CC(O)(C(C)CN)C1. The van der Waals surface area contributed by atoms with E-state index in [2.05, 4.69) is 0 Å². The standard InChI is InChI=1S/C9H19NO2/c1-3-12-8-4-9(11,5-8)7(2)6-10/h7-8,11H,3-6,10H2,1-2H3. The van der Waals surface area contributed by atoms with Crippen LogP contribution in [-0.4, -0.2) is 30.0 Å². The van der Waals surface area contributed by atoms with Gasteiger partial charge in [-0.1, -0.05) is 6.92 Å². The summed E-state index contributed by atoms with van der Waals surface area (Å²) in [6.45, 7) is 5.25. The van der Waals surface area contributed by atoms with Gasteiger partial charge in [0.05, 0.1) is 11.7 Å². The molecule has 1 atom stereocenters. The Kier molecular flexibility index (Phi) is 3.09. The molecule has 3 heteroatoms. The predicted molar refractivity (Wildman–Crippen MR) is 47.8 cm³/mol. The van der Waals surface area contributed by atoms with Gasteiger partial charge >= 0.3 is 0 Å². The van der Waals surface area contributed by atoms with Crippen LogP contribution in [0.15, 0.2) is 0 Å². The molecular weight excluding hydrogens is 154 g/mol. The summed E-state index contributed by atoms with van der Waals surface area (Å²) < 4.78 is 5.37. The molecule has 3 nitrogen and oxygen atoms in total. The van der Waals surface area contributed by atoms with Crippen LogP contribution in [0.3, 0.4) is 0 Å². The predicted octanol–water partition coefficient (Wildman–Crippen LogP) is 0.511. The van der Waals surface area contributed by atoms with Gasteiger partial charge in [0.25, 0.3) is 0 Å². The Bertz CT molecular complexity index is 143. The summed E-state index contributed by atoms with van der Waals surface area (Å²) in [5, 5.41) is 9.92. The van der Waals surface area contributed by atoms with E-state index in [1.54, 1.807) is 0 Å². The summed E-state index contributed by atoms with van der Waals surface area (Å²) in [4.78, 5) is 0. The van der Waals surface area contributed by atoms with E-state index in [4.69, 9.17) is 10.5 Å². The summed E-state index contributed by atoms with van der Waals surface area (Å²) in [5.41, 5.74) is 4.94. The van der Waals surface area contributed by atoms with Gasteiger partial charge < -0.3 is 15.6 Å². The van der Waals surface area contributed by atoms with Crippen molar-refractivity contribution in [1.29, 1.82) is 0 Å². The van der Waals surface area contributed by atoms with Gasteiger partial charge in [0.1, 0.15) is 0 Å². The molecule has 1 saturated carbocycles. The minimum atomic E-state index is -0.547. The molecule has 0 spiro atoms. The first-order chi connectivity index (χ1) is 5.62. The molecule has 0 aromatic rings. The fraction of sp³-hybridized carbons (Fsp3) is 1.00. The lowest BCUT2D eigenvalue weighted by Gasteiger charge is -2.46. The number of nitrogens with two attached hydrogens (primary N) is 1. The highest BCUT2D eigenvalue weighted by Gasteiger charge is 2.46. The van der Waals surface area contributed by atoms with Gasteiger partial charge in [-0.3, -0.25) is 0 Å². The molecule has 0 bridgehead atoms. The second-order valence-electron chi connectivity index (χ2n) is 3.73. The van der Waals surface area contributed by atoms with Gasteiger partial charge in [0, 0.05) is 19.4 Å². The van der Waals surface area contributed by atoms with Crippen molar-refractivity contribution in [2.75, 3.05) is 13.2 Å². The molecule has 0 radical (unpaired) electrons. The molecule has 0 amide bonds. The van der Waals surface area contributed by atoms with Crippen LogP contribution < -0.4 is 5.73 Å². The van der Waals surface area contributed by atoms with E-state index in [9.17, 15) is 5.11 Å². The van der Waals surface area contributed by atoms with Crippen molar-refractivity contribution < 1.29 is 9.84 Å². The summed E-state index contributed by atoms with van der Waals surface area (Å²) in [7, 11) is 0. The van der Waals surface area contributed by atoms with E-state index in [0.717, 1.165) is 19.4 Å². The average molecular weight is 173 g/mol. The smallest absolute Gasteiger partial charge is 0.0734 e. The number of hydrogen-bond acceptors (Lipinski definition) is 3. The first-order valence-electron chi connectivity index (χ1n) is 4.66. The Balaban J connectivity index is 2.29. The van der Waals surface area contributed by atoms with E-state index in [1.165, 1.54) is 0 Å². The van der Waals surface area contributed by atoms with Crippen molar-refractivity contribution in [3.63, 3.8) is 0 Å². The van der Waals surface area contributed by atoms with Crippen molar-refractivity contribution in [2.45, 2.75) is 38.4 Å². The zero-order valence-electron chi connectivity index (χ0n) is 7.92. The highest BCUT2D eigenvalue weighted by molar-refractivity contribution is 4.98. The fourth-order valence-corrected chi connectivity index (χ4v) is 1.70. The quantitative estimate of drug-likeness (QED) is 0.651. The normalized spacial score (nSPS) is 37.5. The molecule has 1 aliphatic rings. The fourth-order valence-electron chi connectivity index (χ4n) is 1.70. The van der Waals surface area contributed by atoms with Crippen LogP contribution in [0.25, 0.3) is 0 Å². The summed E-state index contributed by atoms with van der Waals surface area (Å²) in [6.07, 6.45) is 1.76. The van der Waals surface area contributed by atoms with Crippen LogP contribution in [0.4, 0.5) is 0 Å². The molecule has 0 heterocycles. The van der Waals surface area contributed by atoms with E-state index in [-0.39, 0.29) is 12.0 Å². The van der Waals surface area contributed by atoms with E-state index >= 15 is 0 Å². The minimum absolute atomic E-state index is 0.189. The van der Waals surface area contributed by atoms with Gasteiger partial charge in [-0.2, -0.15) is 0 Å². The molecule has 1 rings (SSSR count). The zero-order valence-corrected chi connectivity index (χ0v) is 7.92. The topological polar surface area (TPSA) is 55.5 Å². The van der Waals surface area contributed by atoms with Crippen molar-refractivity contribution in [1.82, 2.24) is 0 Å². The molecule has 1 unspecified atom stereocenters. The molecule has 72 valence electrons. The Morgan fingerprint density at radius 3 is 2.67 bits per heavy atom. The van der Waals surface area contributed by atoms with Gasteiger partial charge in [0.15, 0.2) is 0 Å². The van der Waals surface area contributed by atoms with Crippen molar-refractivity contribution >= 4 is 0 Å². The number of ether oxygens (including phenoxy) is 1. The molecule has 12 heavy (non-hydrogen) atoms. The van der Waals surface area contributed by atoms with Crippen LogP contribution in [0.2, 0.25) is 0 Å². The van der Waals surface area contributed by atoms with Gasteiger partial charge in [-0.05, 0) is 19.4 Å². The largest absolute Gasteiger partial charge is 0.389 e. The minimum Gasteiger partial charge on any atom is -0.389 e. The third-order valence-corrected chi connectivity index (χ3v) is 2.84. The lowest BCUT2D eigenvalue weighted by atomic mass is 9.70. The molecule has 1 aliphatic carbocycles. The van der Waals surface area contributed by atoms with Crippen LogP contribution in [-0.2, 0) is 4.74 Å². The van der Waals surface area contributed by atoms with Crippen LogP contribution in [0, 0.1) is 5.92 Å². The van der Waals surface area contributed by atoms with Crippen molar-refractivity contribution in [3.8, 4) is 0 Å². The van der Waals surface area contributed by atoms with Crippen LogP contribution >= 0.6 is 0 Å². The monoisotopic (exact) mass is 173 g/mol. The van der Waals surface area contributed by atoms with Gasteiger partial charge in [-0.15, -0.1) is 0 Å². The maximum Gasteiger partial charge on any atom is 0.0734 e. The lowest BCUT2D eigenvalue weighted by molar-refractivity contribution is -0.161. The van der Waals surface area contributed by atoms with E-state index in [1.807, 2.05) is 13.8 Å². The van der Waals surface area contributed by atoms with E-state index in [0.29, 0.717) is 6.54 Å². The molecule has 0 aromatic heterocycles. The Hall–Kier alpha value is -0.120. The average Bonchev–Trinajstić information content (AvgIpc) is 2.00. The second-order valence-corrected chi connectivity index (χ2v) is 3.73. The molecule has 3 N–H and O–H groups in total. The number of rotatable bonds is 4. The second kappa shape index (κ2) is 3.73. The lowest BCUT2D eigenvalue weighted by Crippen LogP contribution is -2.54. The molecular formula is C9H19NO2. The molecule has 0 saturated heterocycles. The maximum atomic E-state index is 9.92. The molecule has 1 fully saturated rings. The van der Waals surface area contributed by atoms with Gasteiger partial charge in [-0.25, -0.2) is 0 Å². The molecule has 0 aliphatic heterocycles. The van der Waals surface area contributed by atoms with Crippen molar-refractivity contribution in [3.05, 3.63) is 0 Å². The summed E-state index contributed by atoms with van der Waals surface area (Å²) in [6, 6.07) is 0. The zero-order chi connectivity index (χ0) is 9.19. The summed E-state index contributed by atoms with van der Waals surface area (Å²) in [5.74, 6) is 0.189. The number of hydrogen-bond donors (Lipinski definition) is 2. The van der Waals surface area contributed by atoms with E-state index < -0.39 is 5.60 Å². The summed E-state index contributed by atoms with van der Waals surface area (Å²) >= 11 is 0. The first kappa shape index (κ1) is 9.96. The van der Waals surface area contributed by atoms with Gasteiger partial charge in [0.2, 0.25) is 0 Å². The highest BCUT2D eigenvalue weighted by atomic mass is 16.5. The van der Waals surface area contributed by atoms with Crippen LogP contribution in [0.5, 0.6) is 0 Å². The Morgan fingerprint density at radius 2 is 2.25 bits per heavy atom. The third-order valence-electron chi connectivity index (χ3n) is 2.84. The Labute approximate surface area is 73.9 Å². The van der Waals surface area contributed by atoms with Crippen molar-refractivity contribution in [2.24, 2.45) is 11.7 Å².